The summed E-state index contributed by atoms with van der Waals surface area (Å²) in [4.78, 5) is 10.6. The summed E-state index contributed by atoms with van der Waals surface area (Å²) in [5.41, 5.74) is 2.40. The van der Waals surface area contributed by atoms with Crippen molar-refractivity contribution in [3.63, 3.8) is 0 Å². The SMILES string of the molecule is CC(C)Cc1ccc(/C(=C/C(=O)O)CO)cc1. The minimum atomic E-state index is -1.04. The highest BCUT2D eigenvalue weighted by molar-refractivity contribution is 5.90. The van der Waals surface area contributed by atoms with Gasteiger partial charge in [0.25, 0.3) is 0 Å². The van der Waals surface area contributed by atoms with Gasteiger partial charge in [-0.1, -0.05) is 38.1 Å². The van der Waals surface area contributed by atoms with Crippen molar-refractivity contribution in [1.82, 2.24) is 0 Å². The second kappa shape index (κ2) is 6.21. The van der Waals surface area contributed by atoms with Crippen LogP contribution in [0.4, 0.5) is 0 Å². The van der Waals surface area contributed by atoms with Crippen LogP contribution in [0.25, 0.3) is 5.57 Å². The third-order valence-corrected chi connectivity index (χ3v) is 2.44. The van der Waals surface area contributed by atoms with Gasteiger partial charge in [-0.2, -0.15) is 0 Å². The largest absolute Gasteiger partial charge is 0.478 e. The molecule has 0 atom stereocenters. The maximum atomic E-state index is 10.6. The van der Waals surface area contributed by atoms with Gasteiger partial charge in [0.2, 0.25) is 0 Å². The van der Waals surface area contributed by atoms with Crippen LogP contribution in [0.5, 0.6) is 0 Å². The van der Waals surface area contributed by atoms with E-state index in [0.29, 0.717) is 11.5 Å². The molecule has 92 valence electrons. The molecule has 0 fully saturated rings. The molecule has 0 spiro atoms. The van der Waals surface area contributed by atoms with Gasteiger partial charge in [-0.15, -0.1) is 0 Å². The molecule has 3 heteroatoms. The highest BCUT2D eigenvalue weighted by atomic mass is 16.4. The van der Waals surface area contributed by atoms with E-state index in [1.165, 1.54) is 5.56 Å². The first-order valence-corrected chi connectivity index (χ1v) is 5.66. The van der Waals surface area contributed by atoms with Gasteiger partial charge in [0.05, 0.1) is 6.61 Å². The second-order valence-electron chi connectivity index (χ2n) is 4.46. The van der Waals surface area contributed by atoms with E-state index < -0.39 is 5.97 Å². The maximum absolute atomic E-state index is 10.6. The number of aliphatic hydroxyl groups is 1. The maximum Gasteiger partial charge on any atom is 0.328 e. The molecule has 0 unspecified atom stereocenters. The standard InChI is InChI=1S/C14H18O3/c1-10(2)7-11-3-5-12(6-4-11)13(9-15)8-14(16)17/h3-6,8,10,15H,7,9H2,1-2H3,(H,16,17)/b13-8+. The number of hydrogen-bond donors (Lipinski definition) is 2. The molecule has 0 aliphatic carbocycles. The van der Waals surface area contributed by atoms with Crippen LogP contribution in [0.3, 0.4) is 0 Å². The van der Waals surface area contributed by atoms with Crippen LogP contribution in [0.1, 0.15) is 25.0 Å². The summed E-state index contributed by atoms with van der Waals surface area (Å²) < 4.78 is 0. The Kier molecular flexibility index (Phi) is 4.91. The van der Waals surface area contributed by atoms with Gasteiger partial charge < -0.3 is 10.2 Å². The molecule has 1 aromatic carbocycles. The van der Waals surface area contributed by atoms with Crippen molar-refractivity contribution in [2.75, 3.05) is 6.61 Å². The van der Waals surface area contributed by atoms with Crippen LogP contribution in [-0.2, 0) is 11.2 Å². The van der Waals surface area contributed by atoms with Gasteiger partial charge >= 0.3 is 5.97 Å². The van der Waals surface area contributed by atoms with Crippen molar-refractivity contribution in [3.8, 4) is 0 Å². The summed E-state index contributed by atoms with van der Waals surface area (Å²) in [5.74, 6) is -0.451. The number of benzene rings is 1. The van der Waals surface area contributed by atoms with E-state index in [-0.39, 0.29) is 6.61 Å². The number of aliphatic carboxylic acids is 1. The minimum absolute atomic E-state index is 0.268. The summed E-state index contributed by atoms with van der Waals surface area (Å²) in [6.07, 6.45) is 2.04. The molecule has 0 radical (unpaired) electrons. The van der Waals surface area contributed by atoms with Gasteiger partial charge in [0.15, 0.2) is 0 Å². The van der Waals surface area contributed by atoms with E-state index in [1.807, 2.05) is 24.3 Å². The fourth-order valence-corrected chi connectivity index (χ4v) is 1.70. The fourth-order valence-electron chi connectivity index (χ4n) is 1.70. The number of carbonyl (C=O) groups is 1. The van der Waals surface area contributed by atoms with Gasteiger partial charge in [-0.05, 0) is 29.0 Å². The molecule has 0 amide bonds. The lowest BCUT2D eigenvalue weighted by Gasteiger charge is -2.07. The van der Waals surface area contributed by atoms with Gasteiger partial charge in [-0.3, -0.25) is 0 Å². The van der Waals surface area contributed by atoms with Crippen molar-refractivity contribution >= 4 is 11.5 Å². The Morgan fingerprint density at radius 3 is 2.29 bits per heavy atom. The summed E-state index contributed by atoms with van der Waals surface area (Å²) in [6, 6.07) is 7.65. The van der Waals surface area contributed by atoms with Crippen LogP contribution >= 0.6 is 0 Å². The predicted molar refractivity (Wildman–Crippen MR) is 67.7 cm³/mol. The van der Waals surface area contributed by atoms with Crippen LogP contribution in [-0.4, -0.2) is 22.8 Å². The first-order chi connectivity index (χ1) is 8.02. The lowest BCUT2D eigenvalue weighted by atomic mass is 9.99. The molecule has 3 nitrogen and oxygen atoms in total. The average molecular weight is 234 g/mol. The quantitative estimate of drug-likeness (QED) is 0.769. The van der Waals surface area contributed by atoms with Crippen LogP contribution in [0.15, 0.2) is 30.3 Å². The summed E-state index contributed by atoms with van der Waals surface area (Å²) in [7, 11) is 0. The molecule has 0 aliphatic rings. The first-order valence-electron chi connectivity index (χ1n) is 5.66. The van der Waals surface area contributed by atoms with E-state index in [1.54, 1.807) is 0 Å². The number of carboxylic acids is 1. The summed E-state index contributed by atoms with van der Waals surface area (Å²) >= 11 is 0. The number of carboxylic acid groups (broad SMARTS) is 1. The average Bonchev–Trinajstić information content (AvgIpc) is 2.26. The molecule has 0 heterocycles. The number of hydrogen-bond acceptors (Lipinski definition) is 2. The van der Waals surface area contributed by atoms with E-state index in [4.69, 9.17) is 10.2 Å². The Balaban J connectivity index is 2.89. The van der Waals surface area contributed by atoms with Gasteiger partial charge in [0.1, 0.15) is 0 Å². The minimum Gasteiger partial charge on any atom is -0.478 e. The zero-order valence-corrected chi connectivity index (χ0v) is 10.2. The Morgan fingerprint density at radius 2 is 1.88 bits per heavy atom. The lowest BCUT2D eigenvalue weighted by Crippen LogP contribution is -1.98. The fraction of sp³-hybridized carbons (Fsp3) is 0.357. The molecular formula is C14H18O3. The van der Waals surface area contributed by atoms with Crippen molar-refractivity contribution in [2.24, 2.45) is 5.92 Å². The molecule has 0 bridgehead atoms. The normalized spacial score (nSPS) is 11.9. The van der Waals surface area contributed by atoms with Crippen molar-refractivity contribution < 1.29 is 15.0 Å². The van der Waals surface area contributed by atoms with Crippen molar-refractivity contribution in [3.05, 3.63) is 41.5 Å². The van der Waals surface area contributed by atoms with E-state index in [0.717, 1.165) is 18.1 Å². The number of aliphatic hydroxyl groups excluding tert-OH is 1. The van der Waals surface area contributed by atoms with E-state index in [2.05, 4.69) is 13.8 Å². The van der Waals surface area contributed by atoms with E-state index >= 15 is 0 Å². The zero-order valence-electron chi connectivity index (χ0n) is 10.2. The van der Waals surface area contributed by atoms with Crippen LogP contribution in [0.2, 0.25) is 0 Å². The van der Waals surface area contributed by atoms with E-state index in [9.17, 15) is 4.79 Å². The molecule has 0 aromatic heterocycles. The van der Waals surface area contributed by atoms with Crippen molar-refractivity contribution in [2.45, 2.75) is 20.3 Å². The first kappa shape index (κ1) is 13.5. The van der Waals surface area contributed by atoms with Crippen molar-refractivity contribution in [1.29, 1.82) is 0 Å². The third kappa shape index (κ3) is 4.41. The molecule has 0 saturated heterocycles. The molecule has 0 aliphatic heterocycles. The number of rotatable bonds is 5. The van der Waals surface area contributed by atoms with Gasteiger partial charge in [0, 0.05) is 6.08 Å². The van der Waals surface area contributed by atoms with Crippen LogP contribution < -0.4 is 0 Å². The lowest BCUT2D eigenvalue weighted by molar-refractivity contribution is -0.131. The summed E-state index contributed by atoms with van der Waals surface area (Å²) in [6.45, 7) is 4.03. The Morgan fingerprint density at radius 1 is 1.29 bits per heavy atom. The molecule has 1 aromatic rings. The Labute approximate surface area is 101 Å². The Bertz CT molecular complexity index is 402. The highest BCUT2D eigenvalue weighted by Crippen LogP contribution is 2.16. The zero-order chi connectivity index (χ0) is 12.8. The molecule has 2 N–H and O–H groups in total. The predicted octanol–water partition coefficient (Wildman–Crippen LogP) is 2.35. The van der Waals surface area contributed by atoms with Crippen LogP contribution in [0, 0.1) is 5.92 Å². The molecule has 0 saturated carbocycles. The third-order valence-electron chi connectivity index (χ3n) is 2.44. The smallest absolute Gasteiger partial charge is 0.328 e. The molecule has 17 heavy (non-hydrogen) atoms. The second-order valence-corrected chi connectivity index (χ2v) is 4.46. The van der Waals surface area contributed by atoms with Gasteiger partial charge in [-0.25, -0.2) is 4.79 Å². The topological polar surface area (TPSA) is 57.5 Å². The molecular weight excluding hydrogens is 216 g/mol. The monoisotopic (exact) mass is 234 g/mol. The summed E-state index contributed by atoms with van der Waals surface area (Å²) in [5, 5.41) is 17.8. The Hall–Kier alpha value is -1.61. The highest BCUT2D eigenvalue weighted by Gasteiger charge is 2.04. The molecule has 1 rings (SSSR count).